The van der Waals surface area contributed by atoms with Crippen molar-refractivity contribution in [3.8, 4) is 0 Å². The highest BCUT2D eigenvalue weighted by Crippen LogP contribution is 2.25. The van der Waals surface area contributed by atoms with E-state index in [1.54, 1.807) is 31.0 Å². The van der Waals surface area contributed by atoms with Crippen LogP contribution in [0.4, 0.5) is 5.69 Å². The number of halogens is 1. The van der Waals surface area contributed by atoms with E-state index in [4.69, 9.17) is 11.6 Å². The summed E-state index contributed by atoms with van der Waals surface area (Å²) >= 11 is 6.13. The van der Waals surface area contributed by atoms with E-state index in [0.29, 0.717) is 10.7 Å². The van der Waals surface area contributed by atoms with Gasteiger partial charge in [0, 0.05) is 17.3 Å². The zero-order chi connectivity index (χ0) is 19.3. The summed E-state index contributed by atoms with van der Waals surface area (Å²) in [5.74, 6) is -1.72. The minimum atomic E-state index is -0.894. The van der Waals surface area contributed by atoms with E-state index in [9.17, 15) is 14.7 Å². The summed E-state index contributed by atoms with van der Waals surface area (Å²) in [5.41, 5.74) is 2.33. The monoisotopic (exact) mass is 374 g/mol. The highest BCUT2D eigenvalue weighted by molar-refractivity contribution is 6.31. The molecule has 2 N–H and O–H groups in total. The molecule has 2 atom stereocenters. The average Bonchev–Trinajstić information content (AvgIpc) is 2.59. The Bertz CT molecular complexity index is 780. The number of hydrogen-bond acceptors (Lipinski definition) is 3. The van der Waals surface area contributed by atoms with Crippen molar-refractivity contribution in [3.05, 3.63) is 64.7 Å². The number of nitrogens with one attached hydrogen (secondary N) is 1. The first-order valence-corrected chi connectivity index (χ1v) is 8.72. The summed E-state index contributed by atoms with van der Waals surface area (Å²) in [6.07, 6.45) is 0. The highest BCUT2D eigenvalue weighted by Gasteiger charge is 2.27. The molecule has 0 saturated heterocycles. The van der Waals surface area contributed by atoms with E-state index >= 15 is 0 Å². The molecule has 0 aromatic heterocycles. The minimum Gasteiger partial charge on any atom is -0.481 e. The molecule has 0 spiro atoms. The number of amides is 1. The Morgan fingerprint density at radius 3 is 2.42 bits per heavy atom. The zero-order valence-corrected chi connectivity index (χ0v) is 15.8. The summed E-state index contributed by atoms with van der Waals surface area (Å²) in [6.45, 7) is 3.76. The molecule has 1 amide bonds. The Kier molecular flexibility index (Phi) is 6.77. The molecule has 0 aliphatic carbocycles. The number of hydrogen-bond donors (Lipinski definition) is 2. The Labute approximate surface area is 158 Å². The summed E-state index contributed by atoms with van der Waals surface area (Å²) in [7, 11) is 1.75. The van der Waals surface area contributed by atoms with Gasteiger partial charge in [0.2, 0.25) is 5.91 Å². The first-order chi connectivity index (χ1) is 12.3. The third-order valence-electron chi connectivity index (χ3n) is 4.23. The second kappa shape index (κ2) is 8.83. The number of aryl methyl sites for hydroxylation is 1. The predicted octanol–water partition coefficient (Wildman–Crippen LogP) is 3.98. The van der Waals surface area contributed by atoms with E-state index in [1.807, 2.05) is 43.3 Å². The van der Waals surface area contributed by atoms with Crippen molar-refractivity contribution in [2.45, 2.75) is 19.9 Å². The van der Waals surface area contributed by atoms with Crippen LogP contribution < -0.4 is 5.32 Å². The minimum absolute atomic E-state index is 0.240. The number of carbonyl (C=O) groups is 2. The standard InChI is InChI=1S/C20H23ClN2O3/c1-13-9-10-16(11-17(13)21)22-19(24)18(15-7-5-4-6-8-15)23(3)12-14(2)20(25)26/h4-11,14,18H,12H2,1-3H3,(H,22,24)(H,25,26). The van der Waals surface area contributed by atoms with Gasteiger partial charge in [-0.25, -0.2) is 0 Å². The third-order valence-corrected chi connectivity index (χ3v) is 4.63. The molecule has 0 saturated carbocycles. The fourth-order valence-electron chi connectivity index (χ4n) is 2.74. The van der Waals surface area contributed by atoms with Gasteiger partial charge in [0.05, 0.1) is 5.92 Å². The van der Waals surface area contributed by atoms with Gasteiger partial charge in [-0.1, -0.05) is 54.9 Å². The molecule has 5 nitrogen and oxygen atoms in total. The SMILES string of the molecule is Cc1ccc(NC(=O)C(c2ccccc2)N(C)CC(C)C(=O)O)cc1Cl. The first kappa shape index (κ1) is 19.9. The molecule has 0 fully saturated rings. The number of likely N-dealkylation sites (N-methyl/N-ethyl adjacent to an activating group) is 1. The molecule has 2 rings (SSSR count). The number of carbonyl (C=O) groups excluding carboxylic acids is 1. The molecule has 2 aromatic rings. The van der Waals surface area contributed by atoms with Crippen LogP contribution in [0, 0.1) is 12.8 Å². The van der Waals surface area contributed by atoms with Crippen molar-refractivity contribution in [1.29, 1.82) is 0 Å². The Balaban J connectivity index is 2.26. The maximum Gasteiger partial charge on any atom is 0.307 e. The van der Waals surface area contributed by atoms with Crippen molar-refractivity contribution < 1.29 is 14.7 Å². The van der Waals surface area contributed by atoms with Gasteiger partial charge < -0.3 is 10.4 Å². The summed E-state index contributed by atoms with van der Waals surface area (Å²) < 4.78 is 0. The molecular weight excluding hydrogens is 352 g/mol. The molecule has 2 aromatic carbocycles. The van der Waals surface area contributed by atoms with Gasteiger partial charge in [-0.05, 0) is 37.2 Å². The van der Waals surface area contributed by atoms with Crippen molar-refractivity contribution in [3.63, 3.8) is 0 Å². The van der Waals surface area contributed by atoms with Crippen molar-refractivity contribution >= 4 is 29.2 Å². The number of anilines is 1. The topological polar surface area (TPSA) is 69.6 Å². The molecule has 0 heterocycles. The molecule has 2 unspecified atom stereocenters. The summed E-state index contributed by atoms with van der Waals surface area (Å²) in [4.78, 5) is 25.9. The maximum absolute atomic E-state index is 13.0. The average molecular weight is 375 g/mol. The molecule has 26 heavy (non-hydrogen) atoms. The van der Waals surface area contributed by atoms with E-state index in [0.717, 1.165) is 11.1 Å². The molecule has 0 aliphatic rings. The van der Waals surface area contributed by atoms with Crippen LogP contribution in [0.3, 0.4) is 0 Å². The number of carboxylic acid groups (broad SMARTS) is 1. The largest absolute Gasteiger partial charge is 0.481 e. The lowest BCUT2D eigenvalue weighted by Gasteiger charge is -2.29. The highest BCUT2D eigenvalue weighted by atomic mass is 35.5. The quantitative estimate of drug-likeness (QED) is 0.769. The number of benzene rings is 2. The normalized spacial score (nSPS) is 13.3. The van der Waals surface area contributed by atoms with Gasteiger partial charge in [-0.2, -0.15) is 0 Å². The molecule has 138 valence electrons. The second-order valence-corrected chi connectivity index (χ2v) is 6.85. The predicted molar refractivity (Wildman–Crippen MR) is 103 cm³/mol. The van der Waals surface area contributed by atoms with Gasteiger partial charge in [-0.15, -0.1) is 0 Å². The number of aliphatic carboxylic acids is 1. The fourth-order valence-corrected chi connectivity index (χ4v) is 2.92. The van der Waals surface area contributed by atoms with Crippen LogP contribution in [0.2, 0.25) is 5.02 Å². The van der Waals surface area contributed by atoms with Gasteiger partial charge in [0.25, 0.3) is 0 Å². The smallest absolute Gasteiger partial charge is 0.307 e. The van der Waals surface area contributed by atoms with Gasteiger partial charge in [0.15, 0.2) is 0 Å². The zero-order valence-electron chi connectivity index (χ0n) is 15.1. The van der Waals surface area contributed by atoms with Crippen molar-refractivity contribution in [2.24, 2.45) is 5.92 Å². The van der Waals surface area contributed by atoms with Crippen LogP contribution in [0.15, 0.2) is 48.5 Å². The maximum atomic E-state index is 13.0. The lowest BCUT2D eigenvalue weighted by atomic mass is 10.0. The third kappa shape index (κ3) is 5.07. The second-order valence-electron chi connectivity index (χ2n) is 6.45. The summed E-state index contributed by atoms with van der Waals surface area (Å²) in [5, 5.41) is 12.6. The van der Waals surface area contributed by atoms with Gasteiger partial charge >= 0.3 is 5.97 Å². The van der Waals surface area contributed by atoms with E-state index < -0.39 is 17.9 Å². The van der Waals surface area contributed by atoms with Crippen LogP contribution in [-0.2, 0) is 9.59 Å². The number of carboxylic acids is 1. The van der Waals surface area contributed by atoms with Gasteiger partial charge in [0.1, 0.15) is 6.04 Å². The first-order valence-electron chi connectivity index (χ1n) is 8.34. The molecule has 0 radical (unpaired) electrons. The number of nitrogens with zero attached hydrogens (tertiary/aromatic N) is 1. The van der Waals surface area contributed by atoms with Crippen LogP contribution in [-0.4, -0.2) is 35.5 Å². The van der Waals surface area contributed by atoms with Crippen LogP contribution in [0.25, 0.3) is 0 Å². The molecule has 0 bridgehead atoms. The van der Waals surface area contributed by atoms with Crippen LogP contribution in [0.5, 0.6) is 0 Å². The van der Waals surface area contributed by atoms with E-state index in [-0.39, 0.29) is 12.5 Å². The molecule has 6 heteroatoms. The van der Waals surface area contributed by atoms with Crippen LogP contribution >= 0.6 is 11.6 Å². The number of rotatable bonds is 7. The summed E-state index contributed by atoms with van der Waals surface area (Å²) in [6, 6.07) is 14.0. The Morgan fingerprint density at radius 2 is 1.85 bits per heavy atom. The van der Waals surface area contributed by atoms with Crippen molar-refractivity contribution in [2.75, 3.05) is 18.9 Å². The molecular formula is C20H23ClN2O3. The lowest BCUT2D eigenvalue weighted by Crippen LogP contribution is -2.38. The van der Waals surface area contributed by atoms with E-state index in [2.05, 4.69) is 5.32 Å². The Morgan fingerprint density at radius 1 is 1.19 bits per heavy atom. The van der Waals surface area contributed by atoms with Gasteiger partial charge in [-0.3, -0.25) is 14.5 Å². The van der Waals surface area contributed by atoms with Crippen molar-refractivity contribution in [1.82, 2.24) is 4.90 Å². The molecule has 0 aliphatic heterocycles. The Hall–Kier alpha value is -2.37. The lowest BCUT2D eigenvalue weighted by molar-refractivity contribution is -0.142. The van der Waals surface area contributed by atoms with E-state index in [1.165, 1.54) is 0 Å². The van der Waals surface area contributed by atoms with Crippen LogP contribution in [0.1, 0.15) is 24.1 Å². The fraction of sp³-hybridized carbons (Fsp3) is 0.300.